The molecule has 3 unspecified atom stereocenters. The number of carbonyl (C=O) groups is 1. The van der Waals surface area contributed by atoms with Crippen LogP contribution in [0, 0.1) is 17.3 Å². The van der Waals surface area contributed by atoms with E-state index in [-0.39, 0.29) is 16.6 Å². The Bertz CT molecular complexity index is 298. The lowest BCUT2D eigenvalue weighted by Crippen LogP contribution is -2.44. The molecule has 0 spiro atoms. The zero-order valence-electron chi connectivity index (χ0n) is 10.2. The largest absolute Gasteiger partial charge is 0.346 e. The zero-order chi connectivity index (χ0) is 11.4. The molecule has 1 amide bonds. The third kappa shape index (κ3) is 1.35. The highest BCUT2D eigenvalue weighted by Crippen LogP contribution is 2.63. The molecule has 1 aliphatic carbocycles. The molecule has 3 atom stereocenters. The first kappa shape index (κ1) is 11.0. The molecule has 1 aliphatic heterocycles. The third-order valence-corrected chi connectivity index (χ3v) is 5.00. The topological polar surface area (TPSA) is 20.3 Å². The lowest BCUT2D eigenvalue weighted by atomic mass is 9.54. The summed E-state index contributed by atoms with van der Waals surface area (Å²) in [5.74, 6) is 0.929. The summed E-state index contributed by atoms with van der Waals surface area (Å²) in [6.45, 7) is 7.42. The van der Waals surface area contributed by atoms with Crippen LogP contribution in [0.4, 0.5) is 0 Å². The van der Waals surface area contributed by atoms with Gasteiger partial charge in [0.15, 0.2) is 0 Å². The summed E-state index contributed by atoms with van der Waals surface area (Å²) < 4.78 is 0. The molecule has 3 heteroatoms. The Morgan fingerprint density at radius 3 is 2.60 bits per heavy atom. The molecule has 1 heterocycles. The summed E-state index contributed by atoms with van der Waals surface area (Å²) in [5, 5.41) is -0.205. The minimum atomic E-state index is -0.205. The van der Waals surface area contributed by atoms with Crippen LogP contribution in [-0.4, -0.2) is 32.2 Å². The van der Waals surface area contributed by atoms with E-state index in [9.17, 15) is 4.79 Å². The molecule has 2 radical (unpaired) electrons. The summed E-state index contributed by atoms with van der Waals surface area (Å²) >= 11 is 0. The molecule has 0 aromatic rings. The van der Waals surface area contributed by atoms with Gasteiger partial charge in [0.05, 0.1) is 7.85 Å². The molecule has 2 rings (SSSR count). The Morgan fingerprint density at radius 1 is 1.40 bits per heavy atom. The standard InChI is InChI=1S/C12H20BNO/c1-11(2)9-5-6-14(4)10(15)8(9)7-12(11,3)13/h8-9H,5-7H2,1-4H3. The predicted molar refractivity (Wildman–Crippen MR) is 61.8 cm³/mol. The monoisotopic (exact) mass is 205 g/mol. The lowest BCUT2D eigenvalue weighted by Gasteiger charge is -2.42. The number of piperidine rings is 1. The van der Waals surface area contributed by atoms with Crippen LogP contribution in [0.3, 0.4) is 0 Å². The fraction of sp³-hybridized carbons (Fsp3) is 0.917. The Morgan fingerprint density at radius 2 is 2.00 bits per heavy atom. The van der Waals surface area contributed by atoms with Crippen molar-refractivity contribution in [2.24, 2.45) is 17.3 Å². The van der Waals surface area contributed by atoms with Crippen molar-refractivity contribution in [2.75, 3.05) is 13.6 Å². The Labute approximate surface area is 93.8 Å². The van der Waals surface area contributed by atoms with Crippen LogP contribution < -0.4 is 0 Å². The highest BCUT2D eigenvalue weighted by atomic mass is 16.2. The maximum absolute atomic E-state index is 12.1. The fourth-order valence-corrected chi connectivity index (χ4v) is 3.34. The molecule has 0 bridgehead atoms. The average Bonchev–Trinajstić information content (AvgIpc) is 2.29. The van der Waals surface area contributed by atoms with Crippen LogP contribution in [0.15, 0.2) is 0 Å². The van der Waals surface area contributed by atoms with Crippen LogP contribution in [0.2, 0.25) is 5.31 Å². The van der Waals surface area contributed by atoms with Crippen LogP contribution >= 0.6 is 0 Å². The average molecular weight is 205 g/mol. The van der Waals surface area contributed by atoms with Crippen molar-refractivity contribution in [2.45, 2.75) is 38.9 Å². The van der Waals surface area contributed by atoms with Crippen LogP contribution in [0.5, 0.6) is 0 Å². The molecular weight excluding hydrogens is 185 g/mol. The van der Waals surface area contributed by atoms with Gasteiger partial charge in [-0.3, -0.25) is 4.79 Å². The zero-order valence-corrected chi connectivity index (χ0v) is 10.2. The number of amides is 1. The fourth-order valence-electron chi connectivity index (χ4n) is 3.34. The smallest absolute Gasteiger partial charge is 0.225 e. The normalized spacial score (nSPS) is 44.3. The molecule has 2 nitrogen and oxygen atoms in total. The van der Waals surface area contributed by atoms with E-state index in [4.69, 9.17) is 7.85 Å². The highest BCUT2D eigenvalue weighted by molar-refractivity contribution is 6.16. The Balaban J connectivity index is 2.33. The SMILES string of the molecule is [B]C1(C)CC2C(=O)N(C)CCC2C1(C)C. The van der Waals surface area contributed by atoms with E-state index in [1.54, 1.807) is 0 Å². The second kappa shape index (κ2) is 3.02. The van der Waals surface area contributed by atoms with Gasteiger partial charge in [-0.2, -0.15) is 0 Å². The summed E-state index contributed by atoms with van der Waals surface area (Å²) in [4.78, 5) is 13.9. The van der Waals surface area contributed by atoms with Gasteiger partial charge < -0.3 is 4.90 Å². The van der Waals surface area contributed by atoms with Crippen molar-refractivity contribution in [3.63, 3.8) is 0 Å². The first-order chi connectivity index (χ1) is 6.77. The van der Waals surface area contributed by atoms with Gasteiger partial charge in [-0.05, 0) is 24.2 Å². The van der Waals surface area contributed by atoms with E-state index in [1.165, 1.54) is 0 Å². The van der Waals surface area contributed by atoms with Gasteiger partial charge in [0, 0.05) is 19.5 Å². The predicted octanol–water partition coefficient (Wildman–Crippen LogP) is 1.86. The van der Waals surface area contributed by atoms with Crippen molar-refractivity contribution < 1.29 is 4.79 Å². The van der Waals surface area contributed by atoms with Crippen molar-refractivity contribution in [1.82, 2.24) is 4.90 Å². The second-order valence-corrected chi connectivity index (χ2v) is 6.10. The van der Waals surface area contributed by atoms with Gasteiger partial charge in [-0.15, -0.1) is 0 Å². The van der Waals surface area contributed by atoms with Gasteiger partial charge in [0.25, 0.3) is 0 Å². The highest BCUT2D eigenvalue weighted by Gasteiger charge is 2.56. The second-order valence-electron chi connectivity index (χ2n) is 6.10. The summed E-state index contributed by atoms with van der Waals surface area (Å²) in [6, 6.07) is 0. The lowest BCUT2D eigenvalue weighted by molar-refractivity contribution is -0.139. The van der Waals surface area contributed by atoms with E-state index in [0.29, 0.717) is 11.8 Å². The van der Waals surface area contributed by atoms with Gasteiger partial charge in [0.1, 0.15) is 0 Å². The minimum Gasteiger partial charge on any atom is -0.346 e. The molecule has 2 fully saturated rings. The molecule has 82 valence electrons. The number of carbonyl (C=O) groups excluding carboxylic acids is 1. The van der Waals surface area contributed by atoms with Gasteiger partial charge >= 0.3 is 0 Å². The number of hydrogen-bond donors (Lipinski definition) is 0. The summed E-state index contributed by atoms with van der Waals surface area (Å²) in [6.07, 6.45) is 1.94. The van der Waals surface area contributed by atoms with Crippen molar-refractivity contribution in [1.29, 1.82) is 0 Å². The molecule has 0 aromatic carbocycles. The van der Waals surface area contributed by atoms with Gasteiger partial charge in [-0.25, -0.2) is 0 Å². The minimum absolute atomic E-state index is 0.0780. The molecule has 2 aliphatic rings. The maximum atomic E-state index is 12.1. The first-order valence-corrected chi connectivity index (χ1v) is 5.81. The van der Waals surface area contributed by atoms with E-state index >= 15 is 0 Å². The third-order valence-electron chi connectivity index (χ3n) is 5.00. The first-order valence-electron chi connectivity index (χ1n) is 5.81. The van der Waals surface area contributed by atoms with Crippen LogP contribution in [0.25, 0.3) is 0 Å². The van der Waals surface area contributed by atoms with Gasteiger partial charge in [-0.1, -0.05) is 26.1 Å². The van der Waals surface area contributed by atoms with E-state index in [2.05, 4.69) is 20.8 Å². The number of nitrogens with zero attached hydrogens (tertiary/aromatic N) is 1. The van der Waals surface area contributed by atoms with Gasteiger partial charge in [0.2, 0.25) is 5.91 Å². The van der Waals surface area contributed by atoms with E-state index in [1.807, 2.05) is 11.9 Å². The molecule has 1 saturated heterocycles. The molecule has 0 N–H and O–H groups in total. The maximum Gasteiger partial charge on any atom is 0.225 e. The number of rotatable bonds is 0. The van der Waals surface area contributed by atoms with E-state index < -0.39 is 0 Å². The van der Waals surface area contributed by atoms with E-state index in [0.717, 1.165) is 19.4 Å². The number of likely N-dealkylation sites (tertiary alicyclic amines) is 1. The van der Waals surface area contributed by atoms with Crippen molar-refractivity contribution in [3.05, 3.63) is 0 Å². The van der Waals surface area contributed by atoms with Crippen LogP contribution in [-0.2, 0) is 4.79 Å². The van der Waals surface area contributed by atoms with Crippen molar-refractivity contribution in [3.8, 4) is 0 Å². The molecular formula is C12H20BNO. The summed E-state index contributed by atoms with van der Waals surface area (Å²) in [7, 11) is 8.25. The quantitative estimate of drug-likeness (QED) is 0.552. The van der Waals surface area contributed by atoms with Crippen LogP contribution in [0.1, 0.15) is 33.6 Å². The number of fused-ring (bicyclic) bond motifs is 1. The summed E-state index contributed by atoms with van der Waals surface area (Å²) in [5.41, 5.74) is 0.0780. The Kier molecular flexibility index (Phi) is 2.22. The van der Waals surface area contributed by atoms with Crippen molar-refractivity contribution >= 4 is 13.8 Å². The molecule has 15 heavy (non-hydrogen) atoms. The molecule has 0 aromatic heterocycles. The number of hydrogen-bond acceptors (Lipinski definition) is 1. The Hall–Kier alpha value is -0.465. The molecule has 1 saturated carbocycles.